The molecule has 0 spiro atoms. The van der Waals surface area contributed by atoms with Gasteiger partial charge in [-0.25, -0.2) is 22.3 Å². The third kappa shape index (κ3) is 1.96. The average molecular weight is 224 g/mol. The van der Waals surface area contributed by atoms with Gasteiger partial charge in [0.15, 0.2) is 4.90 Å². The highest BCUT2D eigenvalue weighted by molar-refractivity contribution is 7.89. The van der Waals surface area contributed by atoms with Gasteiger partial charge < -0.3 is 4.98 Å². The van der Waals surface area contributed by atoms with E-state index >= 15 is 0 Å². The second kappa shape index (κ2) is 3.46. The Morgan fingerprint density at radius 2 is 2.00 bits per heavy atom. The van der Waals surface area contributed by atoms with Crippen LogP contribution in [0.5, 0.6) is 0 Å². The lowest BCUT2D eigenvalue weighted by Crippen LogP contribution is -2.25. The Morgan fingerprint density at radius 1 is 1.43 bits per heavy atom. The molecule has 0 amide bonds. The fourth-order valence-corrected chi connectivity index (χ4v) is 1.75. The van der Waals surface area contributed by atoms with Crippen molar-refractivity contribution in [2.45, 2.75) is 11.3 Å². The third-order valence-electron chi connectivity index (χ3n) is 1.47. The van der Waals surface area contributed by atoms with Gasteiger partial charge in [-0.1, -0.05) is 0 Å². The summed E-state index contributed by atoms with van der Waals surface area (Å²) in [6.45, 7) is 0. The lowest BCUT2D eigenvalue weighted by atomic mass is 10.3. The van der Waals surface area contributed by atoms with E-state index in [1.807, 2.05) is 4.98 Å². The predicted octanol–water partition coefficient (Wildman–Crippen LogP) is -0.0401. The summed E-state index contributed by atoms with van der Waals surface area (Å²) < 4.78 is 46.1. The van der Waals surface area contributed by atoms with E-state index in [4.69, 9.17) is 0 Å². The summed E-state index contributed by atoms with van der Waals surface area (Å²) in [5.74, 6) is 0. The van der Waals surface area contributed by atoms with Crippen molar-refractivity contribution in [1.82, 2.24) is 4.98 Å². The summed E-state index contributed by atoms with van der Waals surface area (Å²) in [6.07, 6.45) is -2.14. The van der Waals surface area contributed by atoms with Gasteiger partial charge in [-0.05, 0) is 6.07 Å². The van der Waals surface area contributed by atoms with Crippen LogP contribution in [0.4, 0.5) is 8.78 Å². The highest BCUT2D eigenvalue weighted by Crippen LogP contribution is 2.21. The smallest absolute Gasteiger partial charge is 0.268 e. The lowest BCUT2D eigenvalue weighted by Gasteiger charge is -2.04. The molecule has 0 aliphatic heterocycles. The molecule has 1 aromatic heterocycles. The van der Waals surface area contributed by atoms with Crippen molar-refractivity contribution in [1.29, 1.82) is 0 Å². The van der Waals surface area contributed by atoms with Crippen LogP contribution in [0.1, 0.15) is 12.0 Å². The van der Waals surface area contributed by atoms with Crippen molar-refractivity contribution in [2.24, 2.45) is 5.14 Å². The molecule has 1 heterocycles. The molecule has 8 heteroatoms. The zero-order chi connectivity index (χ0) is 10.9. The van der Waals surface area contributed by atoms with E-state index in [2.05, 4.69) is 5.14 Å². The number of hydrogen-bond donors (Lipinski definition) is 2. The molecule has 0 radical (unpaired) electrons. The number of aromatic nitrogens is 1. The van der Waals surface area contributed by atoms with E-state index in [0.717, 1.165) is 12.3 Å². The SMILES string of the molecule is NS(=O)(=O)c1c(C(F)F)cc[nH]c1=O. The number of rotatable bonds is 2. The molecule has 0 aliphatic rings. The first-order valence-corrected chi connectivity index (χ1v) is 4.91. The van der Waals surface area contributed by atoms with Crippen LogP contribution in [0.25, 0.3) is 0 Å². The molecule has 0 unspecified atom stereocenters. The number of sulfonamides is 1. The zero-order valence-electron chi connectivity index (χ0n) is 6.70. The molecule has 0 bridgehead atoms. The number of H-pyrrole nitrogens is 1. The van der Waals surface area contributed by atoms with Gasteiger partial charge in [0.1, 0.15) is 0 Å². The second-order valence-corrected chi connectivity index (χ2v) is 3.94. The van der Waals surface area contributed by atoms with Crippen molar-refractivity contribution in [3.63, 3.8) is 0 Å². The van der Waals surface area contributed by atoms with Gasteiger partial charge in [-0.15, -0.1) is 0 Å². The van der Waals surface area contributed by atoms with Gasteiger partial charge in [0.05, 0.1) is 0 Å². The number of hydrogen-bond acceptors (Lipinski definition) is 3. The molecule has 1 aromatic rings. The number of nitrogens with two attached hydrogens (primary N) is 1. The molecule has 0 aliphatic carbocycles. The largest absolute Gasteiger partial charge is 0.328 e. The summed E-state index contributed by atoms with van der Waals surface area (Å²) in [7, 11) is -4.43. The Morgan fingerprint density at radius 3 is 2.36 bits per heavy atom. The van der Waals surface area contributed by atoms with E-state index in [1.54, 1.807) is 0 Å². The topological polar surface area (TPSA) is 93.0 Å². The van der Waals surface area contributed by atoms with E-state index in [1.165, 1.54) is 0 Å². The van der Waals surface area contributed by atoms with Gasteiger partial charge in [-0.3, -0.25) is 4.79 Å². The molecule has 5 nitrogen and oxygen atoms in total. The highest BCUT2D eigenvalue weighted by Gasteiger charge is 2.23. The van der Waals surface area contributed by atoms with Crippen LogP contribution in [0.15, 0.2) is 22.0 Å². The summed E-state index contributed by atoms with van der Waals surface area (Å²) >= 11 is 0. The van der Waals surface area contributed by atoms with E-state index in [-0.39, 0.29) is 0 Å². The maximum absolute atomic E-state index is 12.3. The first-order valence-electron chi connectivity index (χ1n) is 3.36. The van der Waals surface area contributed by atoms with Crippen LogP contribution < -0.4 is 10.7 Å². The number of primary sulfonamides is 1. The lowest BCUT2D eigenvalue weighted by molar-refractivity contribution is 0.147. The van der Waals surface area contributed by atoms with Gasteiger partial charge in [0, 0.05) is 11.8 Å². The van der Waals surface area contributed by atoms with E-state index in [9.17, 15) is 22.0 Å². The van der Waals surface area contributed by atoms with Gasteiger partial charge in [0.25, 0.3) is 12.0 Å². The fraction of sp³-hybridized carbons (Fsp3) is 0.167. The van der Waals surface area contributed by atoms with Crippen LogP contribution >= 0.6 is 0 Å². The van der Waals surface area contributed by atoms with Crippen LogP contribution in [0.3, 0.4) is 0 Å². The number of nitrogens with one attached hydrogen (secondary N) is 1. The number of aromatic amines is 1. The third-order valence-corrected chi connectivity index (χ3v) is 2.46. The Labute approximate surface area is 77.6 Å². The Bertz CT molecular complexity index is 494. The minimum Gasteiger partial charge on any atom is -0.328 e. The maximum Gasteiger partial charge on any atom is 0.268 e. The predicted molar refractivity (Wildman–Crippen MR) is 43.4 cm³/mol. The molecule has 14 heavy (non-hydrogen) atoms. The number of pyridine rings is 1. The number of alkyl halides is 2. The minimum atomic E-state index is -4.43. The van der Waals surface area contributed by atoms with Crippen molar-refractivity contribution in [3.05, 3.63) is 28.2 Å². The van der Waals surface area contributed by atoms with Gasteiger partial charge >= 0.3 is 0 Å². The summed E-state index contributed by atoms with van der Waals surface area (Å²) in [6, 6.07) is 0.797. The van der Waals surface area contributed by atoms with Gasteiger partial charge in [-0.2, -0.15) is 0 Å². The number of halogens is 2. The highest BCUT2D eigenvalue weighted by atomic mass is 32.2. The molecule has 0 fully saturated rings. The quantitative estimate of drug-likeness (QED) is 0.738. The van der Waals surface area contributed by atoms with Crippen LogP contribution in [0, 0.1) is 0 Å². The van der Waals surface area contributed by atoms with Crippen LogP contribution in [-0.2, 0) is 10.0 Å². The fourth-order valence-electron chi connectivity index (χ4n) is 0.945. The Kier molecular flexibility index (Phi) is 2.67. The zero-order valence-corrected chi connectivity index (χ0v) is 7.51. The van der Waals surface area contributed by atoms with Crippen molar-refractivity contribution >= 4 is 10.0 Å². The standard InChI is InChI=1S/C6H6F2N2O3S/c7-5(8)3-1-2-10-6(11)4(3)14(9,12)13/h1-2,5H,(H,10,11)(H2,9,12,13). The van der Waals surface area contributed by atoms with Gasteiger partial charge in [0.2, 0.25) is 10.0 Å². The van der Waals surface area contributed by atoms with Crippen molar-refractivity contribution in [2.75, 3.05) is 0 Å². The Hall–Kier alpha value is -1.28. The summed E-state index contributed by atoms with van der Waals surface area (Å²) in [5, 5.41) is 4.62. The minimum absolute atomic E-state index is 0.797. The van der Waals surface area contributed by atoms with E-state index in [0.29, 0.717) is 0 Å². The molecule has 3 N–H and O–H groups in total. The second-order valence-electron chi connectivity index (χ2n) is 2.44. The Balaban J connectivity index is 3.63. The molecular weight excluding hydrogens is 218 g/mol. The summed E-state index contributed by atoms with van der Waals surface area (Å²) in [4.78, 5) is 11.8. The first-order chi connectivity index (χ1) is 6.34. The molecule has 0 atom stereocenters. The van der Waals surface area contributed by atoms with Crippen molar-refractivity contribution in [3.8, 4) is 0 Å². The monoisotopic (exact) mass is 224 g/mol. The van der Waals surface area contributed by atoms with Crippen LogP contribution in [0.2, 0.25) is 0 Å². The molecule has 1 rings (SSSR count). The van der Waals surface area contributed by atoms with Crippen molar-refractivity contribution < 1.29 is 17.2 Å². The van der Waals surface area contributed by atoms with Crippen LogP contribution in [-0.4, -0.2) is 13.4 Å². The molecule has 0 aromatic carbocycles. The average Bonchev–Trinajstić information content (AvgIpc) is 2.01. The normalized spacial score (nSPS) is 12.0. The molecule has 78 valence electrons. The summed E-state index contributed by atoms with van der Waals surface area (Å²) in [5.41, 5.74) is -2.04. The molecular formula is C6H6F2N2O3S. The molecule has 0 saturated carbocycles. The maximum atomic E-state index is 12.3. The van der Waals surface area contributed by atoms with E-state index < -0.39 is 32.5 Å². The first kappa shape index (κ1) is 10.8. The molecule has 0 saturated heterocycles.